The van der Waals surface area contributed by atoms with Gasteiger partial charge < -0.3 is 4.43 Å². The van der Waals surface area contributed by atoms with Gasteiger partial charge in [-0.2, -0.15) is 4.99 Å². The molecule has 0 aliphatic heterocycles. The van der Waals surface area contributed by atoms with Gasteiger partial charge in [0.2, 0.25) is 6.08 Å². The van der Waals surface area contributed by atoms with Crippen molar-refractivity contribution in [2.45, 2.75) is 112 Å². The Labute approximate surface area is 221 Å². The lowest BCUT2D eigenvalue weighted by Crippen LogP contribution is -2.41. The summed E-state index contributed by atoms with van der Waals surface area (Å²) in [5.74, 6) is -0.0826. The zero-order valence-electron chi connectivity index (χ0n) is 24.3. The van der Waals surface area contributed by atoms with Crippen LogP contribution >= 0.6 is 11.6 Å². The molecule has 5 heteroatoms. The van der Waals surface area contributed by atoms with E-state index in [9.17, 15) is 4.79 Å². The number of hydrogen-bond donors (Lipinski definition) is 0. The zero-order chi connectivity index (χ0) is 27.3. The Kier molecular flexibility index (Phi) is 10.8. The molecule has 0 saturated carbocycles. The SMILES string of the molecule is C=CC(C(C)(C)CCCO[Si](C)(C)C(C)(C)C)C(C)(N=C=O)c1ccc(CCC(C)(C)C)c(Cl)c1. The summed E-state index contributed by atoms with van der Waals surface area (Å²) in [5.41, 5.74) is 1.32. The monoisotopic (exact) mass is 519 g/mol. The number of nitrogens with zero attached hydrogens (tertiary/aromatic N) is 1. The third-order valence-corrected chi connectivity index (χ3v) is 12.9. The summed E-state index contributed by atoms with van der Waals surface area (Å²) in [6.45, 7) is 29.4. The van der Waals surface area contributed by atoms with Crippen molar-refractivity contribution in [1.29, 1.82) is 0 Å². The molecule has 1 rings (SSSR count). The van der Waals surface area contributed by atoms with Crippen molar-refractivity contribution < 1.29 is 9.22 Å². The summed E-state index contributed by atoms with van der Waals surface area (Å²) >= 11 is 6.73. The quantitative estimate of drug-likeness (QED) is 0.0906. The van der Waals surface area contributed by atoms with Crippen LogP contribution in [0.2, 0.25) is 23.2 Å². The maximum Gasteiger partial charge on any atom is 0.235 e. The fourth-order valence-corrected chi connectivity index (χ4v) is 5.88. The molecular weight excluding hydrogens is 470 g/mol. The minimum Gasteiger partial charge on any atom is -0.417 e. The Morgan fingerprint density at radius 1 is 1.09 bits per heavy atom. The van der Waals surface area contributed by atoms with E-state index in [0.717, 1.165) is 48.4 Å². The summed E-state index contributed by atoms with van der Waals surface area (Å²) in [5, 5.41) is 0.921. The smallest absolute Gasteiger partial charge is 0.235 e. The van der Waals surface area contributed by atoms with Crippen LogP contribution in [-0.4, -0.2) is 21.0 Å². The maximum absolute atomic E-state index is 11.6. The third-order valence-electron chi connectivity index (χ3n) is 7.98. The van der Waals surface area contributed by atoms with Gasteiger partial charge in [0.15, 0.2) is 8.32 Å². The molecule has 0 heterocycles. The number of aryl methyl sites for hydroxylation is 1. The van der Waals surface area contributed by atoms with Crippen molar-refractivity contribution in [2.75, 3.05) is 6.61 Å². The van der Waals surface area contributed by atoms with Crippen LogP contribution in [0.4, 0.5) is 0 Å². The second kappa shape index (κ2) is 11.9. The van der Waals surface area contributed by atoms with E-state index in [0.29, 0.717) is 0 Å². The fraction of sp³-hybridized carbons (Fsp3) is 0.700. The molecule has 198 valence electrons. The average molecular weight is 520 g/mol. The highest BCUT2D eigenvalue weighted by Crippen LogP contribution is 2.47. The molecule has 0 spiro atoms. The first kappa shape index (κ1) is 31.8. The van der Waals surface area contributed by atoms with Crippen molar-refractivity contribution in [3.8, 4) is 0 Å². The Bertz CT molecular complexity index is 904. The molecule has 1 aromatic carbocycles. The van der Waals surface area contributed by atoms with Gasteiger partial charge in [-0.1, -0.05) is 85.2 Å². The van der Waals surface area contributed by atoms with Crippen molar-refractivity contribution in [3.63, 3.8) is 0 Å². The summed E-state index contributed by atoms with van der Waals surface area (Å²) in [6, 6.07) is 6.13. The molecule has 0 aliphatic carbocycles. The van der Waals surface area contributed by atoms with Crippen LogP contribution in [0, 0.1) is 16.7 Å². The lowest BCUT2D eigenvalue weighted by Gasteiger charge is -2.43. The molecule has 0 fully saturated rings. The highest BCUT2D eigenvalue weighted by Gasteiger charge is 2.43. The number of halogens is 1. The summed E-state index contributed by atoms with van der Waals surface area (Å²) in [6.07, 6.45) is 7.62. The van der Waals surface area contributed by atoms with Gasteiger partial charge in [-0.05, 0) is 78.8 Å². The maximum atomic E-state index is 11.6. The predicted molar refractivity (Wildman–Crippen MR) is 155 cm³/mol. The first-order chi connectivity index (χ1) is 15.8. The summed E-state index contributed by atoms with van der Waals surface area (Å²) in [7, 11) is -1.77. The molecule has 0 bridgehead atoms. The van der Waals surface area contributed by atoms with E-state index in [4.69, 9.17) is 16.0 Å². The third kappa shape index (κ3) is 8.70. The minimum absolute atomic E-state index is 0.0826. The normalized spacial score (nSPS) is 15.8. The topological polar surface area (TPSA) is 38.7 Å². The van der Waals surface area contributed by atoms with Gasteiger partial charge in [0.05, 0.1) is 0 Å². The standard InChI is InChI=1S/C30H50ClNO2Si/c1-13-26(29(8,9)18-14-20-34-35(11,12)28(5,6)7)30(10,32-22-33)24-16-15-23(25(31)21-24)17-19-27(2,3)4/h13,15-16,21,26H,1,14,17-20H2,2-12H3. The number of hydrogen-bond acceptors (Lipinski definition) is 3. The molecule has 0 saturated heterocycles. The van der Waals surface area contributed by atoms with Gasteiger partial charge >= 0.3 is 0 Å². The minimum atomic E-state index is -1.77. The highest BCUT2D eigenvalue weighted by atomic mass is 35.5. The van der Waals surface area contributed by atoms with Gasteiger partial charge in [0.1, 0.15) is 5.54 Å². The van der Waals surface area contributed by atoms with E-state index in [1.54, 1.807) is 0 Å². The van der Waals surface area contributed by atoms with E-state index in [1.807, 2.05) is 25.1 Å². The van der Waals surface area contributed by atoms with Gasteiger partial charge in [-0.25, -0.2) is 4.79 Å². The lowest BCUT2D eigenvalue weighted by atomic mass is 9.64. The molecule has 35 heavy (non-hydrogen) atoms. The van der Waals surface area contributed by atoms with Crippen LogP contribution in [0.5, 0.6) is 0 Å². The van der Waals surface area contributed by atoms with Crippen molar-refractivity contribution in [1.82, 2.24) is 0 Å². The number of isocyanates is 1. The number of carbonyl (C=O) groups excluding carboxylic acids is 1. The van der Waals surface area contributed by atoms with Crippen LogP contribution in [0.3, 0.4) is 0 Å². The van der Waals surface area contributed by atoms with Gasteiger partial charge in [0, 0.05) is 17.5 Å². The molecule has 0 aromatic heterocycles. The average Bonchev–Trinajstić information content (AvgIpc) is 2.69. The van der Waals surface area contributed by atoms with Crippen LogP contribution in [0.15, 0.2) is 35.8 Å². The summed E-state index contributed by atoms with van der Waals surface area (Å²) in [4.78, 5) is 16.0. The highest BCUT2D eigenvalue weighted by molar-refractivity contribution is 6.74. The Hall–Kier alpha value is -1.19. The molecule has 0 aliphatic rings. The Morgan fingerprint density at radius 3 is 2.14 bits per heavy atom. The van der Waals surface area contributed by atoms with Gasteiger partial charge in [-0.3, -0.25) is 0 Å². The molecule has 1 aromatic rings. The van der Waals surface area contributed by atoms with Crippen LogP contribution in [0.25, 0.3) is 0 Å². The Morgan fingerprint density at radius 2 is 1.69 bits per heavy atom. The summed E-state index contributed by atoms with van der Waals surface area (Å²) < 4.78 is 6.41. The van der Waals surface area contributed by atoms with Gasteiger partial charge in [-0.15, -0.1) is 6.58 Å². The van der Waals surface area contributed by atoms with E-state index in [-0.39, 0.29) is 21.8 Å². The molecule has 2 unspecified atom stereocenters. The van der Waals surface area contributed by atoms with E-state index < -0.39 is 13.9 Å². The van der Waals surface area contributed by atoms with E-state index in [2.05, 4.69) is 92.2 Å². The molecule has 0 radical (unpaired) electrons. The first-order valence-corrected chi connectivity index (χ1v) is 16.2. The van der Waals surface area contributed by atoms with Crippen molar-refractivity contribution in [2.24, 2.45) is 21.7 Å². The van der Waals surface area contributed by atoms with Crippen molar-refractivity contribution in [3.05, 3.63) is 47.0 Å². The van der Waals surface area contributed by atoms with E-state index in [1.165, 1.54) is 0 Å². The van der Waals surface area contributed by atoms with Gasteiger partial charge in [0.25, 0.3) is 0 Å². The second-order valence-corrected chi connectivity index (χ2v) is 18.8. The van der Waals surface area contributed by atoms with Crippen molar-refractivity contribution >= 4 is 26.0 Å². The molecule has 2 atom stereocenters. The molecule has 0 amide bonds. The number of aliphatic imine (C=N–C) groups is 1. The second-order valence-electron chi connectivity index (χ2n) is 13.6. The molecular formula is C30H50ClNO2Si. The molecule has 3 nitrogen and oxygen atoms in total. The van der Waals surface area contributed by atoms with Crippen LogP contribution in [0.1, 0.15) is 92.7 Å². The fourth-order valence-electron chi connectivity index (χ4n) is 4.52. The largest absolute Gasteiger partial charge is 0.417 e. The van der Waals surface area contributed by atoms with E-state index >= 15 is 0 Å². The number of rotatable bonds is 12. The molecule has 0 N–H and O–H groups in total. The number of benzene rings is 1. The Balaban J connectivity index is 3.15. The predicted octanol–water partition coefficient (Wildman–Crippen LogP) is 9.50. The zero-order valence-corrected chi connectivity index (χ0v) is 26.0. The lowest BCUT2D eigenvalue weighted by molar-refractivity contribution is 0.140. The van der Waals surface area contributed by atoms with Crippen LogP contribution < -0.4 is 0 Å². The van der Waals surface area contributed by atoms with Crippen LogP contribution in [-0.2, 0) is 21.2 Å². The first-order valence-electron chi connectivity index (χ1n) is 13.0.